The molecule has 0 bridgehead atoms. The second kappa shape index (κ2) is 7.34. The Labute approximate surface area is 82.6 Å². The van der Waals surface area contributed by atoms with Crippen LogP contribution in [0.5, 0.6) is 0 Å². The van der Waals surface area contributed by atoms with Crippen LogP contribution in [0.15, 0.2) is 0 Å². The summed E-state index contributed by atoms with van der Waals surface area (Å²) in [6, 6.07) is 0. The summed E-state index contributed by atoms with van der Waals surface area (Å²) in [7, 11) is 3.56. The normalized spacial score (nSPS) is 16.2. The number of hydrogen-bond acceptors (Lipinski definition) is 2. The van der Waals surface area contributed by atoms with Gasteiger partial charge >= 0.3 is 0 Å². The third-order valence-corrected chi connectivity index (χ3v) is 2.55. The predicted octanol–water partition coefficient (Wildman–Crippen LogP) is 2.86. The van der Waals surface area contributed by atoms with Gasteiger partial charge in [0.15, 0.2) is 0 Å². The highest BCUT2D eigenvalue weighted by Gasteiger charge is 2.12. The summed E-state index contributed by atoms with van der Waals surface area (Å²) < 4.78 is 10.6. The zero-order chi connectivity index (χ0) is 10.3. The second-order valence-electron chi connectivity index (χ2n) is 4.00. The Balaban J connectivity index is 3.49. The van der Waals surface area contributed by atoms with Crippen molar-refractivity contribution in [1.82, 2.24) is 0 Å². The van der Waals surface area contributed by atoms with E-state index in [9.17, 15) is 0 Å². The molecule has 0 spiro atoms. The van der Waals surface area contributed by atoms with Crippen LogP contribution in [0.2, 0.25) is 0 Å². The summed E-state index contributed by atoms with van der Waals surface area (Å²) in [5.74, 6) is 0.614. The fourth-order valence-electron chi connectivity index (χ4n) is 1.45. The number of hydrogen-bond donors (Lipinski definition) is 0. The summed E-state index contributed by atoms with van der Waals surface area (Å²) in [5, 5.41) is 0. The molecule has 0 aliphatic carbocycles. The summed E-state index contributed by atoms with van der Waals surface area (Å²) in [4.78, 5) is 0. The van der Waals surface area contributed by atoms with Gasteiger partial charge in [-0.05, 0) is 32.1 Å². The van der Waals surface area contributed by atoms with E-state index >= 15 is 0 Å². The Kier molecular flexibility index (Phi) is 7.29. The van der Waals surface area contributed by atoms with Gasteiger partial charge < -0.3 is 9.47 Å². The largest absolute Gasteiger partial charge is 0.382 e. The molecule has 0 amide bonds. The zero-order valence-electron chi connectivity index (χ0n) is 9.67. The van der Waals surface area contributed by atoms with E-state index in [0.717, 1.165) is 12.8 Å². The topological polar surface area (TPSA) is 18.5 Å². The van der Waals surface area contributed by atoms with Gasteiger partial charge in [0.1, 0.15) is 0 Å². The van der Waals surface area contributed by atoms with Gasteiger partial charge in [-0.15, -0.1) is 0 Å². The minimum atomic E-state index is 0.379. The van der Waals surface area contributed by atoms with Crippen molar-refractivity contribution in [2.75, 3.05) is 14.2 Å². The highest BCUT2D eigenvalue weighted by Crippen LogP contribution is 2.14. The molecule has 0 aliphatic heterocycles. The number of rotatable bonds is 7. The fraction of sp³-hybridized carbons (Fsp3) is 1.00. The average Bonchev–Trinajstić information content (AvgIpc) is 2.11. The van der Waals surface area contributed by atoms with E-state index in [4.69, 9.17) is 9.47 Å². The third kappa shape index (κ3) is 6.05. The zero-order valence-corrected chi connectivity index (χ0v) is 9.67. The van der Waals surface area contributed by atoms with Crippen LogP contribution < -0.4 is 0 Å². The molecule has 0 radical (unpaired) electrons. The van der Waals surface area contributed by atoms with Crippen LogP contribution in [0.4, 0.5) is 0 Å². The van der Waals surface area contributed by atoms with Gasteiger partial charge in [-0.3, -0.25) is 0 Å². The van der Waals surface area contributed by atoms with Crippen LogP contribution in [-0.2, 0) is 9.47 Å². The van der Waals surface area contributed by atoms with Crippen molar-refractivity contribution < 1.29 is 9.47 Å². The molecule has 2 nitrogen and oxygen atoms in total. The SMILES string of the molecule is COC(C)CCCC(OC)C(C)C. The van der Waals surface area contributed by atoms with Crippen molar-refractivity contribution in [3.8, 4) is 0 Å². The van der Waals surface area contributed by atoms with Crippen molar-refractivity contribution in [2.45, 2.75) is 52.2 Å². The number of methoxy groups -OCH3 is 2. The first-order chi connectivity index (χ1) is 6.11. The lowest BCUT2D eigenvalue weighted by atomic mass is 10.0. The lowest BCUT2D eigenvalue weighted by molar-refractivity contribution is 0.0491. The van der Waals surface area contributed by atoms with E-state index in [1.54, 1.807) is 14.2 Å². The molecule has 0 aromatic rings. The van der Waals surface area contributed by atoms with Crippen LogP contribution in [0.25, 0.3) is 0 Å². The van der Waals surface area contributed by atoms with E-state index in [-0.39, 0.29) is 0 Å². The van der Waals surface area contributed by atoms with Crippen LogP contribution in [0.3, 0.4) is 0 Å². The predicted molar refractivity (Wildman–Crippen MR) is 56.0 cm³/mol. The molecule has 13 heavy (non-hydrogen) atoms. The van der Waals surface area contributed by atoms with E-state index in [1.165, 1.54) is 6.42 Å². The molecule has 80 valence electrons. The van der Waals surface area contributed by atoms with Gasteiger partial charge in [0.05, 0.1) is 12.2 Å². The van der Waals surface area contributed by atoms with Crippen molar-refractivity contribution in [3.05, 3.63) is 0 Å². The first-order valence-corrected chi connectivity index (χ1v) is 5.17. The Bertz CT molecular complexity index is 113. The van der Waals surface area contributed by atoms with Crippen LogP contribution in [-0.4, -0.2) is 26.4 Å². The van der Waals surface area contributed by atoms with Gasteiger partial charge in [-0.2, -0.15) is 0 Å². The van der Waals surface area contributed by atoms with Gasteiger partial charge in [0, 0.05) is 14.2 Å². The molecule has 0 heterocycles. The highest BCUT2D eigenvalue weighted by molar-refractivity contribution is 4.63. The molecule has 2 heteroatoms. The maximum Gasteiger partial charge on any atom is 0.0594 e. The maximum atomic E-state index is 5.39. The van der Waals surface area contributed by atoms with E-state index < -0.39 is 0 Å². The van der Waals surface area contributed by atoms with Crippen LogP contribution in [0, 0.1) is 5.92 Å². The monoisotopic (exact) mass is 188 g/mol. The standard InChI is InChI=1S/C11H24O2/c1-9(2)11(13-5)8-6-7-10(3)12-4/h9-11H,6-8H2,1-5H3. The fourth-order valence-corrected chi connectivity index (χ4v) is 1.45. The van der Waals surface area contributed by atoms with Crippen molar-refractivity contribution in [2.24, 2.45) is 5.92 Å². The Morgan fingerprint density at radius 1 is 0.923 bits per heavy atom. The molecule has 0 N–H and O–H groups in total. The van der Waals surface area contributed by atoms with Crippen LogP contribution >= 0.6 is 0 Å². The molecule has 0 fully saturated rings. The van der Waals surface area contributed by atoms with Crippen molar-refractivity contribution in [3.63, 3.8) is 0 Å². The van der Waals surface area contributed by atoms with Crippen molar-refractivity contribution in [1.29, 1.82) is 0 Å². The molecule has 0 aromatic carbocycles. The smallest absolute Gasteiger partial charge is 0.0594 e. The van der Waals surface area contributed by atoms with Gasteiger partial charge in [0.25, 0.3) is 0 Å². The Hall–Kier alpha value is -0.0800. The summed E-state index contributed by atoms with van der Waals surface area (Å²) in [6.45, 7) is 6.51. The molecule has 0 rings (SSSR count). The second-order valence-corrected chi connectivity index (χ2v) is 4.00. The average molecular weight is 188 g/mol. The molecule has 0 aliphatic rings. The van der Waals surface area contributed by atoms with E-state index in [1.807, 2.05) is 0 Å². The van der Waals surface area contributed by atoms with E-state index in [2.05, 4.69) is 20.8 Å². The molecule has 0 saturated heterocycles. The lowest BCUT2D eigenvalue weighted by Gasteiger charge is -2.19. The molecule has 0 saturated carbocycles. The molecule has 0 aromatic heterocycles. The molecular formula is C11H24O2. The Morgan fingerprint density at radius 3 is 1.92 bits per heavy atom. The maximum absolute atomic E-state index is 5.39. The van der Waals surface area contributed by atoms with Gasteiger partial charge in [0.2, 0.25) is 0 Å². The highest BCUT2D eigenvalue weighted by atomic mass is 16.5. The minimum absolute atomic E-state index is 0.379. The van der Waals surface area contributed by atoms with E-state index in [0.29, 0.717) is 18.1 Å². The van der Waals surface area contributed by atoms with Crippen LogP contribution in [0.1, 0.15) is 40.0 Å². The molecular weight excluding hydrogens is 164 g/mol. The van der Waals surface area contributed by atoms with Crippen molar-refractivity contribution >= 4 is 0 Å². The summed E-state index contributed by atoms with van der Waals surface area (Å²) >= 11 is 0. The Morgan fingerprint density at radius 2 is 1.54 bits per heavy atom. The van der Waals surface area contributed by atoms with Gasteiger partial charge in [-0.1, -0.05) is 13.8 Å². The lowest BCUT2D eigenvalue weighted by Crippen LogP contribution is -2.18. The number of ether oxygens (including phenoxy) is 2. The molecule has 2 atom stereocenters. The first kappa shape index (κ1) is 12.9. The quantitative estimate of drug-likeness (QED) is 0.611. The van der Waals surface area contributed by atoms with Gasteiger partial charge in [-0.25, -0.2) is 0 Å². The first-order valence-electron chi connectivity index (χ1n) is 5.17. The summed E-state index contributed by atoms with van der Waals surface area (Å²) in [6.07, 6.45) is 4.24. The molecule has 2 unspecified atom stereocenters. The summed E-state index contributed by atoms with van der Waals surface area (Å²) in [5.41, 5.74) is 0. The minimum Gasteiger partial charge on any atom is -0.382 e. The third-order valence-electron chi connectivity index (χ3n) is 2.55.